The number of carbonyl (C=O) groups is 5. The molecule has 10 rings (SSSR count). The minimum atomic E-state index is -2.12. The van der Waals surface area contributed by atoms with Gasteiger partial charge in [-0.15, -0.1) is 0 Å². The summed E-state index contributed by atoms with van der Waals surface area (Å²) >= 11 is 0. The molecule has 0 aromatic heterocycles. The summed E-state index contributed by atoms with van der Waals surface area (Å²) in [5.41, 5.74) is 1.89. The average molecular weight is 1190 g/mol. The van der Waals surface area contributed by atoms with Gasteiger partial charge in [0.2, 0.25) is 0 Å². The van der Waals surface area contributed by atoms with Gasteiger partial charge in [0.1, 0.15) is 49.3 Å². The quantitative estimate of drug-likeness (QED) is 0.0447. The maximum Gasteiger partial charge on any atom is 0.338 e. The van der Waals surface area contributed by atoms with Crippen molar-refractivity contribution in [3.05, 3.63) is 251 Å². The van der Waals surface area contributed by atoms with E-state index in [0.29, 0.717) is 0 Å². The molecule has 3 aliphatic rings. The number of carbonyl (C=O) groups excluding carboxylic acids is 5. The second-order valence-electron chi connectivity index (χ2n) is 20.7. The van der Waals surface area contributed by atoms with Crippen LogP contribution >= 0.6 is 0 Å². The van der Waals surface area contributed by atoms with Crippen LogP contribution in [0.15, 0.2) is 212 Å². The first-order valence-corrected chi connectivity index (χ1v) is 28.2. The van der Waals surface area contributed by atoms with Gasteiger partial charge in [0, 0.05) is 0 Å². The lowest BCUT2D eigenvalue weighted by molar-refractivity contribution is -0.374. The fraction of sp³-hybridized carbons (Fsp3) is 0.299. The molecule has 0 unspecified atom stereocenters. The van der Waals surface area contributed by atoms with Gasteiger partial charge in [-0.2, -0.15) is 0 Å². The van der Waals surface area contributed by atoms with E-state index < -0.39 is 129 Å². The van der Waals surface area contributed by atoms with Crippen LogP contribution in [0, 0.1) is 0 Å². The predicted octanol–water partition coefficient (Wildman–Crippen LogP) is 7.23. The van der Waals surface area contributed by atoms with E-state index in [-0.39, 0.29) is 47.6 Å². The van der Waals surface area contributed by atoms with E-state index >= 15 is 0 Å². The minimum Gasteiger partial charge on any atom is -0.459 e. The summed E-state index contributed by atoms with van der Waals surface area (Å²) in [5, 5.41) is 36.1. The Kier molecular flexibility index (Phi) is 21.0. The van der Waals surface area contributed by atoms with Gasteiger partial charge in [-0.05, 0) is 78.7 Å². The topological polar surface area (TPSA) is 257 Å². The van der Waals surface area contributed by atoms with Crippen molar-refractivity contribution in [3.8, 4) is 0 Å². The lowest BCUT2D eigenvalue weighted by Gasteiger charge is -2.49. The molecule has 0 saturated carbocycles. The number of hydrogen-bond acceptors (Lipinski definition) is 20. The molecule has 7 aromatic carbocycles. The van der Waals surface area contributed by atoms with Crippen LogP contribution in [0.5, 0.6) is 0 Å². The first-order chi connectivity index (χ1) is 42.4. The number of hydrogen-bond donors (Lipinski definition) is 3. The summed E-state index contributed by atoms with van der Waals surface area (Å²) in [6.07, 6.45) is -25.5. The van der Waals surface area contributed by atoms with Crippen molar-refractivity contribution >= 4 is 29.8 Å². The Bertz CT molecular complexity index is 3310. The molecule has 0 bridgehead atoms. The van der Waals surface area contributed by atoms with Gasteiger partial charge in [0.05, 0.1) is 53.7 Å². The van der Waals surface area contributed by atoms with Gasteiger partial charge in [-0.3, -0.25) is 0 Å². The molecule has 3 saturated heterocycles. The van der Waals surface area contributed by atoms with Gasteiger partial charge >= 0.3 is 29.8 Å². The molecule has 3 fully saturated rings. The average Bonchev–Trinajstić information content (AvgIpc) is 3.43. The molecule has 20 nitrogen and oxygen atoms in total. The molecule has 3 aliphatic heterocycles. The van der Waals surface area contributed by atoms with Crippen molar-refractivity contribution in [3.63, 3.8) is 0 Å². The van der Waals surface area contributed by atoms with Crippen LogP contribution in [0.25, 0.3) is 0 Å². The van der Waals surface area contributed by atoms with Crippen molar-refractivity contribution in [2.45, 2.75) is 112 Å². The third kappa shape index (κ3) is 15.7. The van der Waals surface area contributed by atoms with Crippen LogP contribution in [-0.2, 0) is 70.1 Å². The van der Waals surface area contributed by atoms with Crippen molar-refractivity contribution in [1.82, 2.24) is 0 Å². The molecule has 87 heavy (non-hydrogen) atoms. The zero-order valence-electron chi connectivity index (χ0n) is 47.0. The van der Waals surface area contributed by atoms with Gasteiger partial charge < -0.3 is 72.2 Å². The summed E-state index contributed by atoms with van der Waals surface area (Å²) in [5.74, 6) is -4.72. The Balaban J connectivity index is 1.03. The van der Waals surface area contributed by atoms with Crippen LogP contribution in [0.1, 0.15) is 69.8 Å². The highest BCUT2D eigenvalue weighted by atomic mass is 16.8. The number of ether oxygens (including phenoxy) is 12. The number of aliphatic hydroxyl groups excluding tert-OH is 3. The third-order valence-electron chi connectivity index (χ3n) is 14.6. The van der Waals surface area contributed by atoms with Crippen molar-refractivity contribution in [1.29, 1.82) is 0 Å². The largest absolute Gasteiger partial charge is 0.459 e. The number of esters is 5. The lowest BCUT2D eigenvalue weighted by Crippen LogP contribution is -2.67. The van der Waals surface area contributed by atoms with Crippen molar-refractivity contribution in [2.75, 3.05) is 13.2 Å². The molecule has 452 valence electrons. The van der Waals surface area contributed by atoms with Gasteiger partial charge in [0.25, 0.3) is 0 Å². The normalized spacial score (nSPS) is 27.0. The summed E-state index contributed by atoms with van der Waals surface area (Å²) in [4.78, 5) is 71.1. The fourth-order valence-corrected chi connectivity index (χ4v) is 10.2. The number of rotatable bonds is 22. The van der Waals surface area contributed by atoms with E-state index in [1.807, 2.05) is 60.7 Å². The molecule has 3 N–H and O–H groups in total. The highest BCUT2D eigenvalue weighted by Crippen LogP contribution is 2.38. The molecule has 3 heterocycles. The third-order valence-corrected chi connectivity index (χ3v) is 14.6. The Labute approximate surface area is 500 Å². The summed E-state index contributed by atoms with van der Waals surface area (Å²) in [7, 11) is 0. The van der Waals surface area contributed by atoms with E-state index in [0.717, 1.165) is 11.1 Å². The van der Waals surface area contributed by atoms with E-state index in [2.05, 4.69) is 0 Å². The first-order valence-electron chi connectivity index (χ1n) is 28.2. The zero-order valence-corrected chi connectivity index (χ0v) is 47.0. The highest BCUT2D eigenvalue weighted by Gasteiger charge is 2.58. The zero-order chi connectivity index (χ0) is 60.7. The smallest absolute Gasteiger partial charge is 0.338 e. The monoisotopic (exact) mass is 1190 g/mol. The van der Waals surface area contributed by atoms with Crippen LogP contribution in [0.3, 0.4) is 0 Å². The standard InChI is InChI=1S/C67H64O20/c1-41-53(86-66-52(69)51(68)54(77-38-43-25-11-3-12-26-43)49(81-66)39-76-37-42-23-9-2-10-24-42)56(83-62(72)46-31-17-6-18-32-46)59(85-64(74)48-35-21-8-22-36-48)67(79-41)87-57-55(82-61(71)45-29-15-5-16-30-45)50(40-78-60(70)44-27-13-4-14-28-44)80-65(75)58(57)84-63(73)47-33-19-7-20-34-47/h2-36,41,49-59,65-69,75H,37-40H2,1H3/t41-,49+,50+,51+,52-,53-,54+,55-,56+,57-,58+,59+,65+,66+,67-/m0/s1. The molecule has 0 radical (unpaired) electrons. The van der Waals surface area contributed by atoms with E-state index in [4.69, 9.17) is 56.8 Å². The summed E-state index contributed by atoms with van der Waals surface area (Å²) in [6.45, 7) is 0.776. The second-order valence-corrected chi connectivity index (χ2v) is 20.7. The fourth-order valence-electron chi connectivity index (χ4n) is 10.2. The maximum atomic E-state index is 14.6. The first kappa shape index (κ1) is 61.6. The highest BCUT2D eigenvalue weighted by molar-refractivity contribution is 5.92. The van der Waals surface area contributed by atoms with Crippen molar-refractivity contribution in [2.24, 2.45) is 0 Å². The van der Waals surface area contributed by atoms with E-state index in [1.54, 1.807) is 91.0 Å². The molecule has 20 heteroatoms. The molecule has 15 atom stereocenters. The Morgan fingerprint density at radius 3 is 1.24 bits per heavy atom. The predicted molar refractivity (Wildman–Crippen MR) is 306 cm³/mol. The Morgan fingerprint density at radius 1 is 0.368 bits per heavy atom. The summed E-state index contributed by atoms with van der Waals surface area (Å²) < 4.78 is 75.9. The number of benzene rings is 7. The molecule has 0 spiro atoms. The molecule has 0 amide bonds. The van der Waals surface area contributed by atoms with Crippen LogP contribution in [-0.4, -0.2) is 150 Å². The summed E-state index contributed by atoms with van der Waals surface area (Å²) in [6, 6.07) is 57.5. The van der Waals surface area contributed by atoms with Gasteiger partial charge in [0.15, 0.2) is 43.3 Å². The molecule has 0 aliphatic carbocycles. The molecular formula is C67H64O20. The van der Waals surface area contributed by atoms with Crippen LogP contribution in [0.4, 0.5) is 0 Å². The molecule has 7 aromatic rings. The van der Waals surface area contributed by atoms with E-state index in [9.17, 15) is 39.3 Å². The number of aliphatic hydroxyl groups is 3. The maximum absolute atomic E-state index is 14.6. The van der Waals surface area contributed by atoms with Gasteiger partial charge in [-0.25, -0.2) is 24.0 Å². The SMILES string of the molecule is C[C@@H]1O[C@@H](O[C@@H]2[C@@H](OC(=O)c3ccccc3)[C@H](O)O[C@H](COC(=O)c3ccccc3)[C@@H]2OC(=O)c2ccccc2)[C@H](OC(=O)c2ccccc2)[C@H](OC(=O)c2ccccc2)[C@H]1O[C@H]1O[C@H](COCc2ccccc2)[C@@H](OCc2ccccc2)[C@H](O)[C@@H]1O. The van der Waals surface area contributed by atoms with Crippen LogP contribution in [0.2, 0.25) is 0 Å². The van der Waals surface area contributed by atoms with E-state index in [1.165, 1.54) is 67.6 Å². The Morgan fingerprint density at radius 2 is 0.759 bits per heavy atom. The minimum absolute atomic E-state index is 0.0145. The molecular weight excluding hydrogens is 1120 g/mol. The Hall–Kier alpha value is -8.51. The second kappa shape index (κ2) is 29.7. The van der Waals surface area contributed by atoms with Gasteiger partial charge in [-0.1, -0.05) is 152 Å². The van der Waals surface area contributed by atoms with Crippen molar-refractivity contribution < 1.29 is 96.1 Å². The van der Waals surface area contributed by atoms with Crippen LogP contribution < -0.4 is 0 Å². The lowest BCUT2D eigenvalue weighted by atomic mass is 9.95.